The molecule has 0 bridgehead atoms. The third-order valence-corrected chi connectivity index (χ3v) is 1.46. The Bertz CT molecular complexity index is 228. The number of ether oxygens (including phenoxy) is 1. The van der Waals surface area contributed by atoms with E-state index >= 15 is 0 Å². The predicted octanol–water partition coefficient (Wildman–Crippen LogP) is -0.916. The van der Waals surface area contributed by atoms with Gasteiger partial charge in [-0.25, -0.2) is 0 Å². The highest BCUT2D eigenvalue weighted by atomic mass is 16.5. The quantitative estimate of drug-likeness (QED) is 0.560. The van der Waals surface area contributed by atoms with Crippen molar-refractivity contribution in [3.05, 3.63) is 24.3 Å². The number of benzene rings is 1. The van der Waals surface area contributed by atoms with E-state index in [2.05, 4.69) is 26.9 Å². The van der Waals surface area contributed by atoms with Crippen molar-refractivity contribution in [1.29, 1.82) is 0 Å². The van der Waals surface area contributed by atoms with Crippen molar-refractivity contribution in [3.8, 4) is 5.75 Å². The molecule has 0 unspecified atom stereocenters. The first-order valence-electron chi connectivity index (χ1n) is 4.02. The van der Waals surface area contributed by atoms with E-state index in [1.807, 2.05) is 12.1 Å². The lowest BCUT2D eigenvalue weighted by molar-refractivity contribution is 0.317. The Hall–Kier alpha value is -0.995. The van der Waals surface area contributed by atoms with E-state index in [9.17, 15) is 0 Å². The van der Waals surface area contributed by atoms with Gasteiger partial charge in [-0.05, 0) is 18.6 Å². The van der Waals surface area contributed by atoms with Gasteiger partial charge in [0.1, 0.15) is 13.6 Å². The molecule has 0 aromatic heterocycles. The lowest BCUT2D eigenvalue weighted by atomic mass is 9.96. The molecule has 74 valence electrons. The molecule has 0 aliphatic carbocycles. The molecule has 0 amide bonds. The second-order valence-electron chi connectivity index (χ2n) is 2.66. The largest absolute Gasteiger partial charge is 0.494 e. The third-order valence-electron chi connectivity index (χ3n) is 1.46. The molecule has 13 heavy (non-hydrogen) atoms. The number of hydrogen-bond donors (Lipinski definition) is 0. The maximum absolute atomic E-state index is 5.44. The lowest BCUT2D eigenvalue weighted by Gasteiger charge is -2.03. The highest BCUT2D eigenvalue weighted by Crippen LogP contribution is 2.06. The number of hydrogen-bond acceptors (Lipinski definition) is 1. The van der Waals surface area contributed by atoms with E-state index < -0.39 is 0 Å². The van der Waals surface area contributed by atoms with Gasteiger partial charge in [-0.3, -0.25) is 0 Å². The SMILES string of the molecule is Bc1cccc(OCCC)c1.O.O. The van der Waals surface area contributed by atoms with Crippen molar-refractivity contribution in [3.63, 3.8) is 0 Å². The van der Waals surface area contributed by atoms with E-state index in [-0.39, 0.29) is 11.0 Å². The fourth-order valence-electron chi connectivity index (χ4n) is 0.925. The van der Waals surface area contributed by atoms with E-state index in [0.29, 0.717) is 0 Å². The van der Waals surface area contributed by atoms with Gasteiger partial charge >= 0.3 is 0 Å². The summed E-state index contributed by atoms with van der Waals surface area (Å²) in [6.45, 7) is 2.92. The minimum absolute atomic E-state index is 0. The molecule has 0 atom stereocenters. The average molecular weight is 184 g/mol. The summed E-state index contributed by atoms with van der Waals surface area (Å²) < 4.78 is 5.44. The predicted molar refractivity (Wildman–Crippen MR) is 57.6 cm³/mol. The molecule has 0 radical (unpaired) electrons. The van der Waals surface area contributed by atoms with Crippen LogP contribution in [0.3, 0.4) is 0 Å². The fraction of sp³-hybridized carbons (Fsp3) is 0.333. The summed E-state index contributed by atoms with van der Waals surface area (Å²) in [6, 6.07) is 8.12. The standard InChI is InChI=1S/C9H13BO.2H2O/c1-2-6-11-9-5-3-4-8(10)7-9;;/h3-5,7H,2,6,10H2,1H3;2*1H2. The van der Waals surface area contributed by atoms with Gasteiger partial charge in [-0.15, -0.1) is 0 Å². The molecule has 0 saturated carbocycles. The Labute approximate surface area is 79.8 Å². The van der Waals surface area contributed by atoms with Crippen molar-refractivity contribution >= 4 is 13.3 Å². The van der Waals surface area contributed by atoms with E-state index in [4.69, 9.17) is 4.74 Å². The smallest absolute Gasteiger partial charge is 0.139 e. The molecular formula is C9H17BO3. The second-order valence-corrected chi connectivity index (χ2v) is 2.66. The van der Waals surface area contributed by atoms with Gasteiger partial charge in [0.05, 0.1) is 6.61 Å². The highest BCUT2D eigenvalue weighted by Gasteiger charge is 1.90. The van der Waals surface area contributed by atoms with Crippen LogP contribution in [0, 0.1) is 0 Å². The first-order valence-corrected chi connectivity index (χ1v) is 4.02. The number of rotatable bonds is 3. The Morgan fingerprint density at radius 2 is 2.00 bits per heavy atom. The van der Waals surface area contributed by atoms with Crippen molar-refractivity contribution in [2.45, 2.75) is 13.3 Å². The minimum Gasteiger partial charge on any atom is -0.494 e. The summed E-state index contributed by atoms with van der Waals surface area (Å²) in [5, 5.41) is 0. The molecule has 0 heterocycles. The van der Waals surface area contributed by atoms with Crippen LogP contribution in [0.15, 0.2) is 24.3 Å². The van der Waals surface area contributed by atoms with Crippen LogP contribution in [0.4, 0.5) is 0 Å². The van der Waals surface area contributed by atoms with Gasteiger partial charge in [-0.2, -0.15) is 0 Å². The summed E-state index contributed by atoms with van der Waals surface area (Å²) in [4.78, 5) is 0. The summed E-state index contributed by atoms with van der Waals surface area (Å²) in [6.07, 6.45) is 1.06. The summed E-state index contributed by atoms with van der Waals surface area (Å²) in [5.41, 5.74) is 1.25. The molecule has 1 aromatic carbocycles. The molecule has 1 aromatic rings. The maximum Gasteiger partial charge on any atom is 0.139 e. The van der Waals surface area contributed by atoms with E-state index in [0.717, 1.165) is 18.8 Å². The minimum atomic E-state index is 0. The summed E-state index contributed by atoms with van der Waals surface area (Å²) >= 11 is 0. The molecule has 0 saturated heterocycles. The van der Waals surface area contributed by atoms with Gasteiger partial charge in [0.25, 0.3) is 0 Å². The molecular weight excluding hydrogens is 167 g/mol. The molecule has 4 heteroatoms. The molecule has 0 fully saturated rings. The third kappa shape index (κ3) is 5.28. The van der Waals surface area contributed by atoms with Crippen LogP contribution in [-0.2, 0) is 0 Å². The van der Waals surface area contributed by atoms with Crippen LogP contribution in [0.25, 0.3) is 0 Å². The first kappa shape index (κ1) is 14.5. The van der Waals surface area contributed by atoms with Gasteiger partial charge in [0, 0.05) is 0 Å². The maximum atomic E-state index is 5.44. The van der Waals surface area contributed by atoms with Crippen LogP contribution in [0.2, 0.25) is 0 Å². The lowest BCUT2D eigenvalue weighted by Crippen LogP contribution is -2.03. The molecule has 3 nitrogen and oxygen atoms in total. The van der Waals surface area contributed by atoms with Gasteiger partial charge in [0.2, 0.25) is 0 Å². The second kappa shape index (κ2) is 7.64. The van der Waals surface area contributed by atoms with Gasteiger partial charge < -0.3 is 15.7 Å². The van der Waals surface area contributed by atoms with Crippen LogP contribution in [0.1, 0.15) is 13.3 Å². The Morgan fingerprint density at radius 3 is 2.54 bits per heavy atom. The van der Waals surface area contributed by atoms with Crippen molar-refractivity contribution in [2.24, 2.45) is 0 Å². The molecule has 4 N–H and O–H groups in total. The van der Waals surface area contributed by atoms with Gasteiger partial charge in [-0.1, -0.05) is 24.5 Å². The van der Waals surface area contributed by atoms with E-state index in [1.54, 1.807) is 0 Å². The Morgan fingerprint density at radius 1 is 1.31 bits per heavy atom. The van der Waals surface area contributed by atoms with Crippen LogP contribution in [-0.4, -0.2) is 25.4 Å². The summed E-state index contributed by atoms with van der Waals surface area (Å²) in [7, 11) is 2.07. The fourth-order valence-corrected chi connectivity index (χ4v) is 0.925. The van der Waals surface area contributed by atoms with E-state index in [1.165, 1.54) is 5.46 Å². The Balaban J connectivity index is 0. The summed E-state index contributed by atoms with van der Waals surface area (Å²) in [5.74, 6) is 0.979. The van der Waals surface area contributed by atoms with Crippen LogP contribution in [0.5, 0.6) is 5.75 Å². The van der Waals surface area contributed by atoms with Gasteiger partial charge in [0.15, 0.2) is 0 Å². The van der Waals surface area contributed by atoms with Crippen molar-refractivity contribution < 1.29 is 15.7 Å². The topological polar surface area (TPSA) is 72.2 Å². The normalized spacial score (nSPS) is 8.08. The Kier molecular flexibility index (Phi) is 8.54. The zero-order valence-corrected chi connectivity index (χ0v) is 8.13. The first-order chi connectivity index (χ1) is 5.33. The molecule has 0 aliphatic heterocycles. The zero-order chi connectivity index (χ0) is 8.10. The average Bonchev–Trinajstić information content (AvgIpc) is 2.01. The zero-order valence-electron chi connectivity index (χ0n) is 8.13. The van der Waals surface area contributed by atoms with Crippen molar-refractivity contribution in [2.75, 3.05) is 6.61 Å². The molecule has 0 spiro atoms. The van der Waals surface area contributed by atoms with Crippen molar-refractivity contribution in [1.82, 2.24) is 0 Å². The van der Waals surface area contributed by atoms with Crippen LogP contribution >= 0.6 is 0 Å². The monoisotopic (exact) mass is 184 g/mol. The van der Waals surface area contributed by atoms with Crippen LogP contribution < -0.4 is 10.2 Å². The molecule has 1 rings (SSSR count). The highest BCUT2D eigenvalue weighted by molar-refractivity contribution is 6.32. The molecule has 0 aliphatic rings.